The first-order valence-corrected chi connectivity index (χ1v) is 11.7. The van der Waals surface area contributed by atoms with Crippen LogP contribution in [0.25, 0.3) is 10.9 Å². The predicted molar refractivity (Wildman–Crippen MR) is 133 cm³/mol. The highest BCUT2D eigenvalue weighted by molar-refractivity contribution is 6.07. The summed E-state index contributed by atoms with van der Waals surface area (Å²) in [7, 11) is 0. The number of aliphatic hydroxyl groups is 1. The number of H-pyrrole nitrogens is 1. The number of hydrogen-bond donors (Lipinski definition) is 3. The summed E-state index contributed by atoms with van der Waals surface area (Å²) in [5, 5.41) is 13.1. The van der Waals surface area contributed by atoms with E-state index in [4.69, 9.17) is 14.6 Å². The number of aliphatic hydroxyl groups excluding tert-OH is 1. The zero-order valence-corrected chi connectivity index (χ0v) is 19.8. The second kappa shape index (κ2) is 11.2. The van der Waals surface area contributed by atoms with E-state index in [-0.39, 0.29) is 12.5 Å². The van der Waals surface area contributed by atoms with Crippen molar-refractivity contribution in [1.82, 2.24) is 14.9 Å². The monoisotopic (exact) mass is 467 g/mol. The molecule has 1 saturated heterocycles. The maximum Gasteiger partial charge on any atom is 0.256 e. The third-order valence-electron chi connectivity index (χ3n) is 5.71. The summed E-state index contributed by atoms with van der Waals surface area (Å²) in [5.41, 5.74) is 2.54. The van der Waals surface area contributed by atoms with Crippen molar-refractivity contribution < 1.29 is 19.4 Å². The third-order valence-corrected chi connectivity index (χ3v) is 5.71. The molecule has 0 spiro atoms. The van der Waals surface area contributed by atoms with Gasteiger partial charge in [0.1, 0.15) is 12.4 Å². The number of carbonyl (C=O) groups excluding carboxylic acids is 1. The van der Waals surface area contributed by atoms with Crippen LogP contribution in [0.1, 0.15) is 24.2 Å². The van der Waals surface area contributed by atoms with Crippen molar-refractivity contribution in [2.75, 3.05) is 62.8 Å². The van der Waals surface area contributed by atoms with Gasteiger partial charge in [0.25, 0.3) is 5.91 Å². The van der Waals surface area contributed by atoms with Crippen LogP contribution in [0.15, 0.2) is 42.7 Å². The first-order chi connectivity index (χ1) is 16.6. The third kappa shape index (κ3) is 5.60. The molecule has 2 aromatic heterocycles. The van der Waals surface area contributed by atoms with Crippen LogP contribution in [0.3, 0.4) is 0 Å². The van der Waals surface area contributed by atoms with Crippen LogP contribution in [0.4, 0.5) is 11.5 Å². The number of nitrogens with one attached hydrogen (secondary N) is 2. The van der Waals surface area contributed by atoms with Gasteiger partial charge in [0, 0.05) is 61.6 Å². The molecule has 0 saturated carbocycles. The number of benzene rings is 1. The molecule has 1 aromatic carbocycles. The van der Waals surface area contributed by atoms with Gasteiger partial charge in [-0.3, -0.25) is 4.79 Å². The minimum absolute atomic E-state index is 0.000186. The van der Waals surface area contributed by atoms with Crippen LogP contribution in [0.5, 0.6) is 5.75 Å². The van der Waals surface area contributed by atoms with Gasteiger partial charge in [-0.05, 0) is 38.1 Å². The van der Waals surface area contributed by atoms with Gasteiger partial charge in [-0.25, -0.2) is 4.98 Å². The quantitative estimate of drug-likeness (QED) is 0.394. The van der Waals surface area contributed by atoms with Crippen molar-refractivity contribution in [3.05, 3.63) is 48.3 Å². The van der Waals surface area contributed by atoms with Gasteiger partial charge in [-0.15, -0.1) is 0 Å². The van der Waals surface area contributed by atoms with E-state index in [9.17, 15) is 4.79 Å². The summed E-state index contributed by atoms with van der Waals surface area (Å²) in [6, 6.07) is 9.97. The Kier molecular flexibility index (Phi) is 7.87. The molecule has 1 fully saturated rings. The molecular weight excluding hydrogens is 434 g/mol. The summed E-state index contributed by atoms with van der Waals surface area (Å²) < 4.78 is 10.9. The Hall–Kier alpha value is -3.30. The van der Waals surface area contributed by atoms with Crippen molar-refractivity contribution in [3.8, 4) is 5.75 Å². The smallest absolute Gasteiger partial charge is 0.256 e. The number of hydrogen-bond acceptors (Lipinski definition) is 7. The second-order valence-electron chi connectivity index (χ2n) is 8.55. The minimum Gasteiger partial charge on any atom is -0.491 e. The van der Waals surface area contributed by atoms with Gasteiger partial charge in [-0.2, -0.15) is 0 Å². The second-order valence-corrected chi connectivity index (χ2v) is 8.55. The molecule has 1 aliphatic rings. The number of piperazine rings is 1. The fourth-order valence-electron chi connectivity index (χ4n) is 4.12. The Bertz CT molecular complexity index is 1090. The molecule has 3 N–H and O–H groups in total. The summed E-state index contributed by atoms with van der Waals surface area (Å²) in [6.45, 7) is 8.06. The molecule has 0 radical (unpaired) electrons. The van der Waals surface area contributed by atoms with E-state index in [0.29, 0.717) is 50.3 Å². The molecule has 34 heavy (non-hydrogen) atoms. The number of anilines is 2. The average molecular weight is 468 g/mol. The maximum atomic E-state index is 13.3. The maximum absolute atomic E-state index is 13.3. The van der Waals surface area contributed by atoms with E-state index in [0.717, 1.165) is 35.5 Å². The summed E-state index contributed by atoms with van der Waals surface area (Å²) >= 11 is 0. The predicted octanol–water partition coefficient (Wildman–Crippen LogP) is 2.73. The molecule has 0 bridgehead atoms. The molecular formula is C25H33N5O4. The highest BCUT2D eigenvalue weighted by Crippen LogP contribution is 2.27. The number of aromatic amines is 1. The lowest BCUT2D eigenvalue weighted by Gasteiger charge is -2.36. The fraction of sp³-hybridized carbons (Fsp3) is 0.440. The largest absolute Gasteiger partial charge is 0.491 e. The topological polar surface area (TPSA) is 103 Å². The first kappa shape index (κ1) is 23.8. The molecule has 3 heterocycles. The Morgan fingerprint density at radius 1 is 1.18 bits per heavy atom. The Balaban J connectivity index is 1.37. The number of nitrogens with zero attached hydrogens (tertiary/aromatic N) is 3. The van der Waals surface area contributed by atoms with Crippen LogP contribution in [-0.2, 0) is 4.74 Å². The molecule has 3 aromatic rings. The number of amides is 1. The van der Waals surface area contributed by atoms with Crippen molar-refractivity contribution in [2.24, 2.45) is 0 Å². The van der Waals surface area contributed by atoms with Gasteiger partial charge in [0.15, 0.2) is 5.82 Å². The lowest BCUT2D eigenvalue weighted by atomic mass is 10.1. The number of aromatic nitrogens is 2. The lowest BCUT2D eigenvalue weighted by Crippen LogP contribution is -2.49. The lowest BCUT2D eigenvalue weighted by molar-refractivity contribution is 0.0705. The van der Waals surface area contributed by atoms with Gasteiger partial charge < -0.3 is 34.7 Å². The Morgan fingerprint density at radius 2 is 2.00 bits per heavy atom. The highest BCUT2D eigenvalue weighted by atomic mass is 16.5. The number of fused-ring (bicyclic) bond motifs is 1. The molecule has 0 unspecified atom stereocenters. The summed E-state index contributed by atoms with van der Waals surface area (Å²) in [5.74, 6) is 1.67. The van der Waals surface area contributed by atoms with E-state index in [1.54, 1.807) is 6.20 Å². The number of rotatable bonds is 10. The molecule has 1 amide bonds. The molecule has 4 rings (SSSR count). The van der Waals surface area contributed by atoms with E-state index in [1.165, 1.54) is 0 Å². The SMILES string of the molecule is CC(C)Nc1cccnc1N1CCN(C(=O)c2c[nH]c3cc(OCCOCCO)ccc23)CC1. The fourth-order valence-corrected chi connectivity index (χ4v) is 4.12. The zero-order valence-electron chi connectivity index (χ0n) is 19.8. The van der Waals surface area contributed by atoms with Crippen molar-refractivity contribution in [1.29, 1.82) is 0 Å². The molecule has 1 aliphatic heterocycles. The van der Waals surface area contributed by atoms with E-state index >= 15 is 0 Å². The van der Waals surface area contributed by atoms with Crippen LogP contribution in [-0.4, -0.2) is 84.5 Å². The number of ether oxygens (including phenoxy) is 2. The molecule has 182 valence electrons. The molecule has 0 aliphatic carbocycles. The standard InChI is InChI=1S/C25H33N5O4/c1-18(2)28-22-4-3-7-26-24(22)29-8-10-30(11-9-29)25(32)21-17-27-23-16-19(5-6-20(21)23)34-15-14-33-13-12-31/h3-7,16-18,27-28,31H,8-15H2,1-2H3. The highest BCUT2D eigenvalue weighted by Gasteiger charge is 2.25. The van der Waals surface area contributed by atoms with Crippen molar-refractivity contribution >= 4 is 28.3 Å². The van der Waals surface area contributed by atoms with Crippen LogP contribution < -0.4 is 15.0 Å². The molecule has 9 heteroatoms. The average Bonchev–Trinajstić information content (AvgIpc) is 3.27. The molecule has 9 nitrogen and oxygen atoms in total. The molecule has 0 atom stereocenters. The van der Waals surface area contributed by atoms with Gasteiger partial charge >= 0.3 is 0 Å². The normalized spacial score (nSPS) is 14.1. The summed E-state index contributed by atoms with van der Waals surface area (Å²) in [6.07, 6.45) is 3.58. The van der Waals surface area contributed by atoms with Crippen molar-refractivity contribution in [3.63, 3.8) is 0 Å². The van der Waals surface area contributed by atoms with Crippen LogP contribution >= 0.6 is 0 Å². The van der Waals surface area contributed by atoms with Crippen LogP contribution in [0, 0.1) is 0 Å². The van der Waals surface area contributed by atoms with Gasteiger partial charge in [0.2, 0.25) is 0 Å². The zero-order chi connectivity index (χ0) is 23.9. The number of carbonyl (C=O) groups is 1. The number of pyridine rings is 1. The minimum atomic E-state index is -0.000186. The van der Waals surface area contributed by atoms with Gasteiger partial charge in [0.05, 0.1) is 31.1 Å². The van der Waals surface area contributed by atoms with Crippen LogP contribution in [0.2, 0.25) is 0 Å². The van der Waals surface area contributed by atoms with Crippen molar-refractivity contribution in [2.45, 2.75) is 19.9 Å². The van der Waals surface area contributed by atoms with E-state index < -0.39 is 0 Å². The Morgan fingerprint density at radius 3 is 2.76 bits per heavy atom. The van der Waals surface area contributed by atoms with E-state index in [1.807, 2.05) is 41.4 Å². The Labute approximate surface area is 199 Å². The van der Waals surface area contributed by atoms with E-state index in [2.05, 4.69) is 34.0 Å². The van der Waals surface area contributed by atoms with Gasteiger partial charge in [-0.1, -0.05) is 0 Å². The first-order valence-electron chi connectivity index (χ1n) is 11.7. The summed E-state index contributed by atoms with van der Waals surface area (Å²) in [4.78, 5) is 25.2.